The van der Waals surface area contributed by atoms with E-state index in [1.54, 1.807) is 13.2 Å². The summed E-state index contributed by atoms with van der Waals surface area (Å²) >= 11 is 11.6. The smallest absolute Gasteiger partial charge is 0.135 e. The molecule has 0 fully saturated rings. The molecule has 0 saturated heterocycles. The van der Waals surface area contributed by atoms with E-state index in [-0.39, 0.29) is 0 Å². The molecule has 0 aliphatic rings. The first-order valence-electron chi connectivity index (χ1n) is 4.67. The maximum atomic E-state index is 6.01. The molecule has 0 saturated carbocycles. The lowest BCUT2D eigenvalue weighted by Crippen LogP contribution is -1.88. The van der Waals surface area contributed by atoms with Gasteiger partial charge in [0.2, 0.25) is 0 Å². The van der Waals surface area contributed by atoms with Crippen LogP contribution in [0.4, 0.5) is 0 Å². The summed E-state index contributed by atoms with van der Waals surface area (Å²) < 4.78 is 5.17. The van der Waals surface area contributed by atoms with Gasteiger partial charge >= 0.3 is 0 Å². The summed E-state index contributed by atoms with van der Waals surface area (Å²) in [7, 11) is 1.61. The van der Waals surface area contributed by atoms with E-state index in [4.69, 9.17) is 27.9 Å². The third kappa shape index (κ3) is 3.66. The molecule has 1 rings (SSSR count). The molecule has 3 heteroatoms. The van der Waals surface area contributed by atoms with Gasteiger partial charge in [-0.2, -0.15) is 0 Å². The Balaban J connectivity index is 2.85. The zero-order chi connectivity index (χ0) is 11.1. The van der Waals surface area contributed by atoms with Gasteiger partial charge in [-0.3, -0.25) is 0 Å². The fraction of sp³-hybridized carbons (Fsp3) is 0.333. The van der Waals surface area contributed by atoms with Gasteiger partial charge in [-0.05, 0) is 18.6 Å². The van der Waals surface area contributed by atoms with Crippen molar-refractivity contribution < 1.29 is 4.74 Å². The molecule has 80 valence electrons. The zero-order valence-corrected chi connectivity index (χ0v) is 10.0. The van der Waals surface area contributed by atoms with E-state index >= 15 is 0 Å². The van der Waals surface area contributed by atoms with Crippen LogP contribution in [-0.4, -0.2) is 13.0 Å². The molecular weight excluding hydrogens is 231 g/mol. The Morgan fingerprint density at radius 3 is 2.87 bits per heavy atom. The topological polar surface area (TPSA) is 9.23 Å². The third-order valence-electron chi connectivity index (χ3n) is 1.84. The van der Waals surface area contributed by atoms with Gasteiger partial charge < -0.3 is 4.74 Å². The molecule has 0 aliphatic heterocycles. The summed E-state index contributed by atoms with van der Waals surface area (Å²) in [5, 5.41) is 0.618. The molecule has 0 atom stereocenters. The predicted octanol–water partition coefficient (Wildman–Crippen LogP) is 3.72. The van der Waals surface area contributed by atoms with Crippen LogP contribution in [0, 0.1) is 11.8 Å². The minimum atomic E-state index is 0.618. The van der Waals surface area contributed by atoms with Crippen molar-refractivity contribution in [2.45, 2.75) is 12.8 Å². The van der Waals surface area contributed by atoms with Crippen molar-refractivity contribution in [3.8, 4) is 17.6 Å². The number of halogens is 2. The number of rotatable bonds is 3. The summed E-state index contributed by atoms with van der Waals surface area (Å²) in [5.74, 6) is 7.36. The van der Waals surface area contributed by atoms with Crippen molar-refractivity contribution in [2.75, 3.05) is 13.0 Å². The number of hydrogen-bond donors (Lipinski definition) is 0. The minimum Gasteiger partial charge on any atom is -0.495 e. The molecule has 0 heterocycles. The van der Waals surface area contributed by atoms with Crippen molar-refractivity contribution in [2.24, 2.45) is 0 Å². The fourth-order valence-corrected chi connectivity index (χ4v) is 1.45. The number of ether oxygens (including phenoxy) is 1. The third-order valence-corrected chi connectivity index (χ3v) is 2.43. The lowest BCUT2D eigenvalue weighted by Gasteiger charge is -2.03. The fourth-order valence-electron chi connectivity index (χ4n) is 1.10. The van der Waals surface area contributed by atoms with Gasteiger partial charge in [0.1, 0.15) is 5.75 Å². The summed E-state index contributed by atoms with van der Waals surface area (Å²) in [6, 6.07) is 5.48. The van der Waals surface area contributed by atoms with Gasteiger partial charge in [0.15, 0.2) is 0 Å². The van der Waals surface area contributed by atoms with E-state index in [2.05, 4.69) is 11.8 Å². The second kappa shape index (κ2) is 6.61. The Bertz CT molecular complexity index is 377. The van der Waals surface area contributed by atoms with Crippen LogP contribution < -0.4 is 4.74 Å². The molecule has 0 aliphatic carbocycles. The average Bonchev–Trinajstić information content (AvgIpc) is 2.26. The van der Waals surface area contributed by atoms with E-state index < -0.39 is 0 Å². The Kier molecular flexibility index (Phi) is 5.39. The summed E-state index contributed by atoms with van der Waals surface area (Å²) in [6.07, 6.45) is 1.67. The molecular formula is C12H12Cl2O. The Labute approximate surface area is 100 Å². The van der Waals surface area contributed by atoms with Gasteiger partial charge in [0, 0.05) is 12.3 Å². The molecule has 1 aromatic carbocycles. The van der Waals surface area contributed by atoms with E-state index in [0.29, 0.717) is 16.7 Å². The van der Waals surface area contributed by atoms with Gasteiger partial charge in [0.05, 0.1) is 17.7 Å². The van der Waals surface area contributed by atoms with Crippen LogP contribution in [0.5, 0.6) is 5.75 Å². The largest absolute Gasteiger partial charge is 0.495 e. The second-order valence-electron chi connectivity index (χ2n) is 2.91. The van der Waals surface area contributed by atoms with Crippen LogP contribution in [0.25, 0.3) is 0 Å². The average molecular weight is 243 g/mol. The molecule has 0 bridgehead atoms. The van der Waals surface area contributed by atoms with E-state index in [9.17, 15) is 0 Å². The highest BCUT2D eigenvalue weighted by molar-refractivity contribution is 6.32. The Morgan fingerprint density at radius 2 is 2.20 bits per heavy atom. The van der Waals surface area contributed by atoms with Crippen LogP contribution in [0.15, 0.2) is 18.2 Å². The Morgan fingerprint density at radius 1 is 1.40 bits per heavy atom. The van der Waals surface area contributed by atoms with Crippen molar-refractivity contribution in [3.63, 3.8) is 0 Å². The highest BCUT2D eigenvalue weighted by atomic mass is 35.5. The van der Waals surface area contributed by atoms with Crippen LogP contribution >= 0.6 is 23.2 Å². The summed E-state index contributed by atoms with van der Waals surface area (Å²) in [5.41, 5.74) is 0.747. The SMILES string of the molecule is COc1cccc(Cl)c1C#CCCCCl. The maximum Gasteiger partial charge on any atom is 0.135 e. The number of benzene rings is 1. The predicted molar refractivity (Wildman–Crippen MR) is 64.8 cm³/mol. The summed E-state index contributed by atoms with van der Waals surface area (Å²) in [4.78, 5) is 0. The lowest BCUT2D eigenvalue weighted by atomic mass is 10.2. The van der Waals surface area contributed by atoms with Crippen molar-refractivity contribution in [3.05, 3.63) is 28.8 Å². The first-order valence-corrected chi connectivity index (χ1v) is 5.58. The zero-order valence-electron chi connectivity index (χ0n) is 8.52. The van der Waals surface area contributed by atoms with E-state index in [1.165, 1.54) is 0 Å². The molecule has 1 nitrogen and oxygen atoms in total. The highest BCUT2D eigenvalue weighted by Gasteiger charge is 2.03. The van der Waals surface area contributed by atoms with Crippen LogP contribution in [0.3, 0.4) is 0 Å². The number of unbranched alkanes of at least 4 members (excludes halogenated alkanes) is 1. The van der Waals surface area contributed by atoms with Crippen LogP contribution in [0.1, 0.15) is 18.4 Å². The molecule has 0 radical (unpaired) electrons. The second-order valence-corrected chi connectivity index (χ2v) is 3.70. The molecule has 0 N–H and O–H groups in total. The van der Waals surface area contributed by atoms with Crippen LogP contribution in [0.2, 0.25) is 5.02 Å². The van der Waals surface area contributed by atoms with E-state index in [0.717, 1.165) is 18.4 Å². The molecule has 0 spiro atoms. The Hall–Kier alpha value is -0.840. The van der Waals surface area contributed by atoms with Crippen LogP contribution in [-0.2, 0) is 0 Å². The number of methoxy groups -OCH3 is 1. The van der Waals surface area contributed by atoms with Crippen molar-refractivity contribution >= 4 is 23.2 Å². The van der Waals surface area contributed by atoms with E-state index in [1.807, 2.05) is 12.1 Å². The first kappa shape index (κ1) is 12.2. The first-order chi connectivity index (χ1) is 7.29. The van der Waals surface area contributed by atoms with Gasteiger partial charge in [0.25, 0.3) is 0 Å². The monoisotopic (exact) mass is 242 g/mol. The van der Waals surface area contributed by atoms with Gasteiger partial charge in [-0.1, -0.05) is 29.5 Å². The lowest BCUT2D eigenvalue weighted by molar-refractivity contribution is 0.413. The molecule has 0 unspecified atom stereocenters. The van der Waals surface area contributed by atoms with Gasteiger partial charge in [-0.15, -0.1) is 11.6 Å². The standard InChI is InChI=1S/C12H12Cl2O/c1-15-12-8-5-7-11(14)10(12)6-3-2-4-9-13/h5,7-8H,2,4,9H2,1H3. The minimum absolute atomic E-state index is 0.618. The molecule has 0 amide bonds. The normalized spacial score (nSPS) is 9.27. The molecule has 15 heavy (non-hydrogen) atoms. The quantitative estimate of drug-likeness (QED) is 0.446. The maximum absolute atomic E-state index is 6.01. The summed E-state index contributed by atoms with van der Waals surface area (Å²) in [6.45, 7) is 0. The van der Waals surface area contributed by atoms with Gasteiger partial charge in [-0.25, -0.2) is 0 Å². The highest BCUT2D eigenvalue weighted by Crippen LogP contribution is 2.24. The van der Waals surface area contributed by atoms with Crippen molar-refractivity contribution in [1.29, 1.82) is 0 Å². The molecule has 1 aromatic rings. The number of alkyl halides is 1. The number of hydrogen-bond acceptors (Lipinski definition) is 1. The van der Waals surface area contributed by atoms with Crippen molar-refractivity contribution in [1.82, 2.24) is 0 Å². The molecule has 0 aromatic heterocycles.